The minimum Gasteiger partial charge on any atom is -0.224 e. The van der Waals surface area contributed by atoms with Crippen molar-refractivity contribution in [1.29, 1.82) is 0 Å². The van der Waals surface area contributed by atoms with Crippen LogP contribution in [0.5, 0.6) is 0 Å². The van der Waals surface area contributed by atoms with E-state index in [0.29, 0.717) is 5.82 Å². The van der Waals surface area contributed by atoms with Crippen LogP contribution in [-0.4, -0.2) is 15.2 Å². The molecule has 230 valence electrons. The molecule has 48 heavy (non-hydrogen) atoms. The maximum absolute atomic E-state index is 5.23. The second-order valence-corrected chi connectivity index (χ2v) is 14.8. The van der Waals surface area contributed by atoms with E-state index in [1.54, 1.807) is 0 Å². The van der Waals surface area contributed by atoms with Crippen LogP contribution in [0.15, 0.2) is 155 Å². The molecule has 9 rings (SSSR count). The maximum Gasteiger partial charge on any atom is 0.182 e. The molecule has 3 nitrogen and oxygen atoms in total. The van der Waals surface area contributed by atoms with Crippen molar-refractivity contribution in [1.82, 2.24) is 15.2 Å². The largest absolute Gasteiger partial charge is 0.224 e. The summed E-state index contributed by atoms with van der Waals surface area (Å²) < 4.78 is 0. The normalized spacial score (nSPS) is 13.8. The summed E-state index contributed by atoms with van der Waals surface area (Å²) in [6.07, 6.45) is 0. The highest BCUT2D eigenvalue weighted by Crippen LogP contribution is 2.62. The Hall–Kier alpha value is -5.32. The molecule has 1 aliphatic heterocycles. The lowest BCUT2D eigenvalue weighted by molar-refractivity contribution is 0.590. The van der Waals surface area contributed by atoms with Gasteiger partial charge in [0, 0.05) is 26.5 Å². The number of benzene rings is 6. The van der Waals surface area contributed by atoms with E-state index in [4.69, 9.17) is 15.2 Å². The number of hydrogen-bond acceptors (Lipinski definition) is 4. The predicted molar refractivity (Wildman–Crippen MR) is 196 cm³/mol. The lowest BCUT2D eigenvalue weighted by Gasteiger charge is -2.39. The van der Waals surface area contributed by atoms with Gasteiger partial charge >= 0.3 is 0 Å². The molecule has 0 unspecified atom stereocenters. The highest BCUT2D eigenvalue weighted by Gasteiger charge is 2.50. The van der Waals surface area contributed by atoms with Crippen LogP contribution < -0.4 is 0 Å². The first kappa shape index (κ1) is 28.9. The third-order valence-electron chi connectivity index (χ3n) is 9.87. The Morgan fingerprint density at radius 3 is 1.73 bits per heavy atom. The predicted octanol–water partition coefficient (Wildman–Crippen LogP) is 11.0. The van der Waals surface area contributed by atoms with E-state index in [9.17, 15) is 0 Å². The zero-order valence-electron chi connectivity index (χ0n) is 27.1. The molecule has 4 heteroatoms. The average molecular weight is 636 g/mol. The Bertz CT molecular complexity index is 2310. The van der Waals surface area contributed by atoms with E-state index in [1.807, 2.05) is 30.0 Å². The number of nitrogens with zero attached hydrogens (tertiary/aromatic N) is 3. The quantitative estimate of drug-likeness (QED) is 0.194. The summed E-state index contributed by atoms with van der Waals surface area (Å²) in [4.78, 5) is 7.71. The maximum atomic E-state index is 5.23. The van der Waals surface area contributed by atoms with Crippen LogP contribution >= 0.6 is 11.8 Å². The first-order chi connectivity index (χ1) is 23.4. The first-order valence-electron chi connectivity index (χ1n) is 16.5. The van der Waals surface area contributed by atoms with E-state index in [1.165, 1.54) is 48.7 Å². The Kier molecular flexibility index (Phi) is 6.53. The minimum atomic E-state index is -0.403. The fraction of sp³-hybridized carbons (Fsp3) is 0.114. The van der Waals surface area contributed by atoms with E-state index in [0.717, 1.165) is 28.1 Å². The SMILES string of the molecule is CC(C)(C)c1ccc(-c2nnc(-c3ccc4c(c3)Sc3ccccc3C43c4ccccc4-c4ccccc43)nc2-c2ccccc2)cc1. The molecule has 0 atom stereocenters. The first-order valence-corrected chi connectivity index (χ1v) is 17.3. The summed E-state index contributed by atoms with van der Waals surface area (Å²) in [5, 5.41) is 9.62. The Labute approximate surface area is 285 Å². The van der Waals surface area contributed by atoms with Crippen LogP contribution in [0.3, 0.4) is 0 Å². The molecule has 0 fully saturated rings. The molecule has 0 amide bonds. The van der Waals surface area contributed by atoms with Crippen LogP contribution in [0.2, 0.25) is 0 Å². The fourth-order valence-corrected chi connectivity index (χ4v) is 8.80. The number of fused-ring (bicyclic) bond motifs is 9. The van der Waals surface area contributed by atoms with Crippen LogP contribution in [0, 0.1) is 0 Å². The van der Waals surface area contributed by atoms with Gasteiger partial charge in [-0.25, -0.2) is 4.98 Å². The third-order valence-corrected chi connectivity index (χ3v) is 11.0. The molecule has 1 aromatic heterocycles. The molecule has 2 aliphatic rings. The van der Waals surface area contributed by atoms with Crippen LogP contribution in [0.1, 0.15) is 48.6 Å². The Morgan fingerprint density at radius 2 is 1.04 bits per heavy atom. The average Bonchev–Trinajstić information content (AvgIpc) is 3.42. The topological polar surface area (TPSA) is 38.7 Å². The van der Waals surface area contributed by atoms with Crippen LogP contribution in [-0.2, 0) is 10.8 Å². The van der Waals surface area contributed by atoms with Crippen molar-refractivity contribution in [2.75, 3.05) is 0 Å². The van der Waals surface area contributed by atoms with Gasteiger partial charge in [0.15, 0.2) is 5.82 Å². The van der Waals surface area contributed by atoms with Crippen molar-refractivity contribution in [2.24, 2.45) is 0 Å². The summed E-state index contributed by atoms with van der Waals surface area (Å²) >= 11 is 1.83. The monoisotopic (exact) mass is 635 g/mol. The zero-order chi connectivity index (χ0) is 32.5. The molecule has 0 saturated heterocycles. The molecule has 0 bridgehead atoms. The van der Waals surface area contributed by atoms with Crippen LogP contribution in [0.25, 0.3) is 45.0 Å². The van der Waals surface area contributed by atoms with Gasteiger partial charge in [0.05, 0.1) is 5.41 Å². The molecule has 7 aromatic rings. The molecule has 1 spiro atoms. The highest BCUT2D eigenvalue weighted by molar-refractivity contribution is 7.99. The van der Waals surface area contributed by atoms with Crippen molar-refractivity contribution < 1.29 is 0 Å². The van der Waals surface area contributed by atoms with Crippen molar-refractivity contribution >= 4 is 11.8 Å². The van der Waals surface area contributed by atoms with E-state index in [2.05, 4.69) is 148 Å². The van der Waals surface area contributed by atoms with E-state index < -0.39 is 5.41 Å². The van der Waals surface area contributed by atoms with Crippen molar-refractivity contribution in [3.8, 4) is 45.0 Å². The summed E-state index contributed by atoms with van der Waals surface area (Å²) in [6, 6.07) is 52.4. The van der Waals surface area contributed by atoms with Crippen molar-refractivity contribution in [3.63, 3.8) is 0 Å². The Morgan fingerprint density at radius 1 is 0.479 bits per heavy atom. The molecular weight excluding hydrogens is 603 g/mol. The second-order valence-electron chi connectivity index (χ2n) is 13.7. The van der Waals surface area contributed by atoms with Gasteiger partial charge in [0.1, 0.15) is 11.4 Å². The number of aromatic nitrogens is 3. The molecule has 0 saturated carbocycles. The smallest absolute Gasteiger partial charge is 0.182 e. The van der Waals surface area contributed by atoms with E-state index in [-0.39, 0.29) is 5.41 Å². The van der Waals surface area contributed by atoms with Crippen LogP contribution in [0.4, 0.5) is 0 Å². The summed E-state index contributed by atoms with van der Waals surface area (Å²) in [6.45, 7) is 6.69. The standard InChI is InChI=1S/C44H33N3S/c1-43(2,3)31-24-21-29(22-25-31)41-40(28-13-5-4-6-14-28)45-42(47-46-41)30-23-26-37-39(27-30)48-38-20-12-11-19-36(38)44(37)34-17-9-7-15-32(34)33-16-8-10-18-35(33)44/h4-27H,1-3H3. The third kappa shape index (κ3) is 4.33. The molecule has 0 N–H and O–H groups in total. The van der Waals surface area contributed by atoms with Crippen molar-refractivity contribution in [2.45, 2.75) is 41.4 Å². The Balaban J connectivity index is 1.22. The fourth-order valence-electron chi connectivity index (χ4n) is 7.57. The molecular formula is C44H33N3S. The van der Waals surface area contributed by atoms with Gasteiger partial charge in [0.2, 0.25) is 0 Å². The van der Waals surface area contributed by atoms with E-state index >= 15 is 0 Å². The summed E-state index contributed by atoms with van der Waals surface area (Å²) in [7, 11) is 0. The van der Waals surface area contributed by atoms with Gasteiger partial charge in [-0.3, -0.25) is 0 Å². The molecule has 6 aromatic carbocycles. The van der Waals surface area contributed by atoms with Crippen molar-refractivity contribution in [3.05, 3.63) is 173 Å². The number of rotatable bonds is 3. The van der Waals surface area contributed by atoms with Gasteiger partial charge in [-0.15, -0.1) is 10.2 Å². The molecule has 0 radical (unpaired) electrons. The van der Waals surface area contributed by atoms with Gasteiger partial charge in [-0.2, -0.15) is 0 Å². The summed E-state index contributed by atoms with van der Waals surface area (Å²) in [5.74, 6) is 0.618. The lowest BCUT2D eigenvalue weighted by Crippen LogP contribution is -2.31. The second kappa shape index (κ2) is 10.9. The summed E-state index contributed by atoms with van der Waals surface area (Å²) in [5.41, 5.74) is 13.4. The number of hydrogen-bond donors (Lipinski definition) is 0. The zero-order valence-corrected chi connectivity index (χ0v) is 27.9. The van der Waals surface area contributed by atoms with Gasteiger partial charge in [-0.1, -0.05) is 166 Å². The van der Waals surface area contributed by atoms with Gasteiger partial charge in [0.25, 0.3) is 0 Å². The van der Waals surface area contributed by atoms with Gasteiger partial charge < -0.3 is 0 Å². The lowest BCUT2D eigenvalue weighted by atomic mass is 9.67. The molecule has 2 heterocycles. The highest BCUT2D eigenvalue weighted by atomic mass is 32.2. The minimum absolute atomic E-state index is 0.0702. The molecule has 1 aliphatic carbocycles. The van der Waals surface area contributed by atoms with Gasteiger partial charge in [-0.05, 0) is 56.5 Å².